The zero-order valence-corrected chi connectivity index (χ0v) is 9.33. The van der Waals surface area contributed by atoms with Crippen LogP contribution in [0.5, 0.6) is 0 Å². The Balaban J connectivity index is 2.07. The number of nitrogens with zero attached hydrogens (tertiary/aromatic N) is 1. The molecular formula is C11H20N2O2. The van der Waals surface area contributed by atoms with Gasteiger partial charge in [0, 0.05) is 19.6 Å². The molecule has 4 heteroatoms. The lowest BCUT2D eigenvalue weighted by atomic mass is 9.68. The van der Waals surface area contributed by atoms with Gasteiger partial charge in [-0.05, 0) is 31.7 Å². The van der Waals surface area contributed by atoms with Crippen molar-refractivity contribution >= 4 is 5.97 Å². The lowest BCUT2D eigenvalue weighted by molar-refractivity contribution is -0.162. The normalized spacial score (nSPS) is 38.1. The van der Waals surface area contributed by atoms with Crippen molar-refractivity contribution in [2.24, 2.45) is 5.92 Å². The fraction of sp³-hybridized carbons (Fsp3) is 0.909. The number of hydrogen-bond donors (Lipinski definition) is 2. The van der Waals surface area contributed by atoms with Gasteiger partial charge in [0.25, 0.3) is 0 Å². The summed E-state index contributed by atoms with van der Waals surface area (Å²) in [6.45, 7) is 5.87. The number of carboxylic acid groups (broad SMARTS) is 1. The fourth-order valence-corrected chi connectivity index (χ4v) is 2.93. The maximum atomic E-state index is 11.4. The first-order valence-corrected chi connectivity index (χ1v) is 5.84. The molecule has 1 saturated carbocycles. The van der Waals surface area contributed by atoms with E-state index in [0.29, 0.717) is 5.92 Å². The summed E-state index contributed by atoms with van der Waals surface area (Å²) < 4.78 is 0. The molecule has 0 atom stereocenters. The summed E-state index contributed by atoms with van der Waals surface area (Å²) in [7, 11) is 0. The van der Waals surface area contributed by atoms with Gasteiger partial charge in [0.1, 0.15) is 5.54 Å². The van der Waals surface area contributed by atoms with Crippen LogP contribution in [0.2, 0.25) is 0 Å². The highest BCUT2D eigenvalue weighted by atomic mass is 16.4. The largest absolute Gasteiger partial charge is 0.480 e. The molecule has 0 unspecified atom stereocenters. The summed E-state index contributed by atoms with van der Waals surface area (Å²) in [5, 5.41) is 12.7. The minimum atomic E-state index is -0.623. The van der Waals surface area contributed by atoms with Crippen molar-refractivity contribution in [3.05, 3.63) is 0 Å². The molecule has 0 amide bonds. The maximum absolute atomic E-state index is 11.4. The second-order valence-electron chi connectivity index (χ2n) is 4.94. The molecule has 15 heavy (non-hydrogen) atoms. The molecule has 2 aliphatic rings. The van der Waals surface area contributed by atoms with E-state index in [2.05, 4.69) is 17.1 Å². The highest BCUT2D eigenvalue weighted by molar-refractivity contribution is 5.80. The molecule has 0 aromatic carbocycles. The SMILES string of the molecule is CC1CC(C(=O)O)(N2CCCNCC2)C1. The van der Waals surface area contributed by atoms with E-state index in [1.807, 2.05) is 0 Å². The Morgan fingerprint density at radius 1 is 1.40 bits per heavy atom. The van der Waals surface area contributed by atoms with Crippen molar-refractivity contribution < 1.29 is 9.90 Å². The van der Waals surface area contributed by atoms with Crippen molar-refractivity contribution in [2.75, 3.05) is 26.2 Å². The Morgan fingerprint density at radius 3 is 2.73 bits per heavy atom. The van der Waals surface area contributed by atoms with E-state index in [9.17, 15) is 9.90 Å². The van der Waals surface area contributed by atoms with E-state index in [-0.39, 0.29) is 0 Å². The number of carboxylic acids is 1. The molecule has 4 nitrogen and oxygen atoms in total. The molecule has 2 fully saturated rings. The summed E-state index contributed by atoms with van der Waals surface area (Å²) in [6.07, 6.45) is 2.70. The number of nitrogens with one attached hydrogen (secondary N) is 1. The van der Waals surface area contributed by atoms with Crippen LogP contribution in [-0.4, -0.2) is 47.7 Å². The molecule has 1 aliphatic heterocycles. The molecule has 0 radical (unpaired) electrons. The third-order valence-electron chi connectivity index (χ3n) is 3.72. The van der Waals surface area contributed by atoms with E-state index in [1.54, 1.807) is 0 Å². The fourth-order valence-electron chi connectivity index (χ4n) is 2.93. The van der Waals surface area contributed by atoms with Crippen LogP contribution < -0.4 is 5.32 Å². The minimum absolute atomic E-state index is 0.536. The van der Waals surface area contributed by atoms with E-state index >= 15 is 0 Å². The molecule has 0 spiro atoms. The van der Waals surface area contributed by atoms with E-state index in [4.69, 9.17) is 0 Å². The quantitative estimate of drug-likeness (QED) is 0.701. The lowest BCUT2D eigenvalue weighted by Crippen LogP contribution is -2.62. The third kappa shape index (κ3) is 1.88. The Hall–Kier alpha value is -0.610. The summed E-state index contributed by atoms with van der Waals surface area (Å²) >= 11 is 0. The molecule has 0 aromatic rings. The average molecular weight is 212 g/mol. The second kappa shape index (κ2) is 4.10. The molecule has 2 rings (SSSR count). The monoisotopic (exact) mass is 212 g/mol. The predicted octanol–water partition coefficient (Wildman–Crippen LogP) is 0.535. The Labute approximate surface area is 90.6 Å². The first-order chi connectivity index (χ1) is 7.15. The average Bonchev–Trinajstić information content (AvgIpc) is 2.40. The van der Waals surface area contributed by atoms with E-state index < -0.39 is 11.5 Å². The predicted molar refractivity (Wildman–Crippen MR) is 57.8 cm³/mol. The number of carbonyl (C=O) groups is 1. The minimum Gasteiger partial charge on any atom is -0.480 e. The summed E-state index contributed by atoms with van der Waals surface area (Å²) in [5.74, 6) is -0.0557. The second-order valence-corrected chi connectivity index (χ2v) is 4.94. The van der Waals surface area contributed by atoms with Crippen LogP contribution in [0.15, 0.2) is 0 Å². The maximum Gasteiger partial charge on any atom is 0.324 e. The Kier molecular flexibility index (Phi) is 2.98. The zero-order chi connectivity index (χ0) is 10.9. The van der Waals surface area contributed by atoms with Gasteiger partial charge in [0.15, 0.2) is 0 Å². The standard InChI is InChI=1S/C11H20N2O2/c1-9-7-11(8-9,10(14)15)13-5-2-3-12-4-6-13/h9,12H,2-8H2,1H3,(H,14,15). The van der Waals surface area contributed by atoms with E-state index in [1.165, 1.54) is 0 Å². The lowest BCUT2D eigenvalue weighted by Gasteiger charge is -2.50. The van der Waals surface area contributed by atoms with Crippen LogP contribution in [0, 0.1) is 5.92 Å². The van der Waals surface area contributed by atoms with Gasteiger partial charge in [-0.25, -0.2) is 0 Å². The third-order valence-corrected chi connectivity index (χ3v) is 3.72. The van der Waals surface area contributed by atoms with Crippen molar-refractivity contribution in [3.8, 4) is 0 Å². The molecule has 2 N–H and O–H groups in total. The molecule has 0 bridgehead atoms. The summed E-state index contributed by atoms with van der Waals surface area (Å²) in [5.41, 5.74) is -0.536. The van der Waals surface area contributed by atoms with Crippen LogP contribution in [0.3, 0.4) is 0 Å². The smallest absolute Gasteiger partial charge is 0.324 e. The van der Waals surface area contributed by atoms with Gasteiger partial charge in [-0.3, -0.25) is 9.69 Å². The number of rotatable bonds is 2. The van der Waals surface area contributed by atoms with Crippen molar-refractivity contribution in [1.82, 2.24) is 10.2 Å². The van der Waals surface area contributed by atoms with Crippen LogP contribution >= 0.6 is 0 Å². The highest BCUT2D eigenvalue weighted by Crippen LogP contribution is 2.42. The van der Waals surface area contributed by atoms with Crippen LogP contribution in [0.25, 0.3) is 0 Å². The van der Waals surface area contributed by atoms with Gasteiger partial charge in [-0.2, -0.15) is 0 Å². The Morgan fingerprint density at radius 2 is 2.13 bits per heavy atom. The molecular weight excluding hydrogens is 192 g/mol. The summed E-state index contributed by atoms with van der Waals surface area (Å²) in [4.78, 5) is 13.6. The van der Waals surface area contributed by atoms with Crippen LogP contribution in [0.4, 0.5) is 0 Å². The number of aliphatic carboxylic acids is 1. The molecule has 1 heterocycles. The van der Waals surface area contributed by atoms with Gasteiger partial charge < -0.3 is 10.4 Å². The van der Waals surface area contributed by atoms with Crippen LogP contribution in [0.1, 0.15) is 26.2 Å². The van der Waals surface area contributed by atoms with Gasteiger partial charge in [-0.1, -0.05) is 6.92 Å². The van der Waals surface area contributed by atoms with Crippen molar-refractivity contribution in [3.63, 3.8) is 0 Å². The summed E-state index contributed by atoms with van der Waals surface area (Å²) in [6, 6.07) is 0. The molecule has 1 aliphatic carbocycles. The van der Waals surface area contributed by atoms with Gasteiger partial charge in [0.2, 0.25) is 0 Å². The zero-order valence-electron chi connectivity index (χ0n) is 9.33. The molecule has 1 saturated heterocycles. The highest BCUT2D eigenvalue weighted by Gasteiger charge is 2.52. The van der Waals surface area contributed by atoms with E-state index in [0.717, 1.165) is 45.4 Å². The van der Waals surface area contributed by atoms with Crippen molar-refractivity contribution in [2.45, 2.75) is 31.7 Å². The number of hydrogen-bond acceptors (Lipinski definition) is 3. The van der Waals surface area contributed by atoms with Gasteiger partial charge in [0.05, 0.1) is 0 Å². The first-order valence-electron chi connectivity index (χ1n) is 5.84. The van der Waals surface area contributed by atoms with Gasteiger partial charge >= 0.3 is 5.97 Å². The van der Waals surface area contributed by atoms with Gasteiger partial charge in [-0.15, -0.1) is 0 Å². The van der Waals surface area contributed by atoms with Crippen LogP contribution in [-0.2, 0) is 4.79 Å². The first kappa shape index (κ1) is 10.9. The topological polar surface area (TPSA) is 52.6 Å². The Bertz CT molecular complexity index is 241. The molecule has 0 aromatic heterocycles. The molecule has 86 valence electrons. The van der Waals surface area contributed by atoms with Crippen molar-refractivity contribution in [1.29, 1.82) is 0 Å².